The zero-order valence-electron chi connectivity index (χ0n) is 18.4. The van der Waals surface area contributed by atoms with E-state index in [0.717, 1.165) is 28.1 Å². The van der Waals surface area contributed by atoms with Crippen LogP contribution in [0.1, 0.15) is 30.0 Å². The number of rotatable bonds is 4. The van der Waals surface area contributed by atoms with E-state index < -0.39 is 0 Å². The monoisotopic (exact) mass is 490 g/mol. The minimum Gasteiger partial charge on any atom is -0.351 e. The Kier molecular flexibility index (Phi) is 5.89. The molecule has 0 amide bonds. The number of hydrogen-bond donors (Lipinski definition) is 1. The van der Waals surface area contributed by atoms with Crippen LogP contribution in [0.15, 0.2) is 83.0 Å². The van der Waals surface area contributed by atoms with Crippen molar-refractivity contribution >= 4 is 40.2 Å². The largest absolute Gasteiger partial charge is 0.351 e. The SMILES string of the molecule is CC1=C(c2nc(-c3ccc(F)cc3)no2)C(c2ccccc2)NC(=S)N1c1ccc(Cl)c(C)c1. The normalized spacial score (nSPS) is 16.1. The number of aromatic nitrogens is 2. The summed E-state index contributed by atoms with van der Waals surface area (Å²) in [5.41, 5.74) is 5.14. The van der Waals surface area contributed by atoms with Gasteiger partial charge in [-0.25, -0.2) is 4.39 Å². The molecule has 5 rings (SSSR count). The summed E-state index contributed by atoms with van der Waals surface area (Å²) in [5.74, 6) is 0.412. The van der Waals surface area contributed by atoms with E-state index in [2.05, 4.69) is 15.5 Å². The van der Waals surface area contributed by atoms with Crippen LogP contribution in [0.25, 0.3) is 17.0 Å². The molecule has 2 heterocycles. The van der Waals surface area contributed by atoms with Crippen molar-refractivity contribution in [3.63, 3.8) is 0 Å². The van der Waals surface area contributed by atoms with Crippen LogP contribution in [-0.2, 0) is 0 Å². The summed E-state index contributed by atoms with van der Waals surface area (Å²) < 4.78 is 19.1. The lowest BCUT2D eigenvalue weighted by molar-refractivity contribution is 0.404. The first kappa shape index (κ1) is 22.3. The predicted octanol–water partition coefficient (Wildman–Crippen LogP) is 6.70. The zero-order valence-corrected chi connectivity index (χ0v) is 20.0. The van der Waals surface area contributed by atoms with Crippen molar-refractivity contribution in [2.75, 3.05) is 4.90 Å². The summed E-state index contributed by atoms with van der Waals surface area (Å²) in [7, 11) is 0. The van der Waals surface area contributed by atoms with E-state index in [1.54, 1.807) is 12.1 Å². The van der Waals surface area contributed by atoms with E-state index in [1.165, 1.54) is 12.1 Å². The van der Waals surface area contributed by atoms with Crippen LogP contribution in [0, 0.1) is 12.7 Å². The van der Waals surface area contributed by atoms with Gasteiger partial charge in [0.25, 0.3) is 5.89 Å². The Balaban J connectivity index is 1.65. The van der Waals surface area contributed by atoms with Crippen molar-refractivity contribution in [3.8, 4) is 11.4 Å². The molecular weight excluding hydrogens is 471 g/mol. The molecule has 1 aliphatic heterocycles. The maximum absolute atomic E-state index is 13.4. The van der Waals surface area contributed by atoms with Crippen molar-refractivity contribution in [1.29, 1.82) is 0 Å². The zero-order chi connectivity index (χ0) is 23.8. The summed E-state index contributed by atoms with van der Waals surface area (Å²) in [4.78, 5) is 6.60. The van der Waals surface area contributed by atoms with Crippen molar-refractivity contribution in [3.05, 3.63) is 106 Å². The average Bonchev–Trinajstić information content (AvgIpc) is 3.31. The number of aryl methyl sites for hydroxylation is 1. The number of nitrogens with one attached hydrogen (secondary N) is 1. The highest BCUT2D eigenvalue weighted by Gasteiger charge is 2.34. The van der Waals surface area contributed by atoms with Crippen molar-refractivity contribution < 1.29 is 8.91 Å². The Labute approximate surface area is 206 Å². The lowest BCUT2D eigenvalue weighted by Gasteiger charge is -2.37. The Hall–Kier alpha value is -3.55. The maximum atomic E-state index is 13.4. The molecule has 0 spiro atoms. The van der Waals surface area contributed by atoms with Crippen LogP contribution in [0.2, 0.25) is 5.02 Å². The molecule has 1 aliphatic rings. The molecule has 1 unspecified atom stereocenters. The van der Waals surface area contributed by atoms with E-state index >= 15 is 0 Å². The minimum atomic E-state index is -0.325. The van der Waals surface area contributed by atoms with Crippen molar-refractivity contribution in [2.24, 2.45) is 0 Å². The van der Waals surface area contributed by atoms with Gasteiger partial charge in [-0.3, -0.25) is 4.90 Å². The van der Waals surface area contributed by atoms with E-state index in [1.807, 2.05) is 67.3 Å². The number of hydrogen-bond acceptors (Lipinski definition) is 4. The number of halogens is 2. The fourth-order valence-electron chi connectivity index (χ4n) is 4.04. The van der Waals surface area contributed by atoms with Gasteiger partial charge < -0.3 is 9.84 Å². The Morgan fingerprint density at radius 2 is 1.76 bits per heavy atom. The third-order valence-electron chi connectivity index (χ3n) is 5.78. The quantitative estimate of drug-likeness (QED) is 0.321. The van der Waals surface area contributed by atoms with Gasteiger partial charge in [0.2, 0.25) is 5.82 Å². The van der Waals surface area contributed by atoms with Crippen LogP contribution in [0.4, 0.5) is 10.1 Å². The van der Waals surface area contributed by atoms with Crippen LogP contribution < -0.4 is 10.2 Å². The van der Waals surface area contributed by atoms with Gasteiger partial charge in [0.1, 0.15) is 5.82 Å². The first-order valence-corrected chi connectivity index (χ1v) is 11.4. The molecule has 1 atom stereocenters. The smallest absolute Gasteiger partial charge is 0.258 e. The molecule has 8 heteroatoms. The summed E-state index contributed by atoms with van der Waals surface area (Å²) in [5, 5.41) is 8.83. The summed E-state index contributed by atoms with van der Waals surface area (Å²) in [6.07, 6.45) is 0. The van der Waals surface area contributed by atoms with E-state index in [0.29, 0.717) is 27.4 Å². The lowest BCUT2D eigenvalue weighted by atomic mass is 9.94. The van der Waals surface area contributed by atoms with Crippen molar-refractivity contribution in [2.45, 2.75) is 19.9 Å². The maximum Gasteiger partial charge on any atom is 0.258 e. The molecule has 0 bridgehead atoms. The highest BCUT2D eigenvalue weighted by molar-refractivity contribution is 7.80. The standard InChI is InChI=1S/C26H20ClFN4OS/c1-15-14-20(12-13-21(15)27)32-16(2)22(23(29-26(32)34)17-6-4-3-5-7-17)25-30-24(31-33-25)18-8-10-19(28)11-9-18/h3-14,23H,1-2H3,(H,29,34). The number of benzene rings is 3. The number of allylic oxidation sites excluding steroid dienone is 1. The second-order valence-electron chi connectivity index (χ2n) is 7.99. The van der Waals surface area contributed by atoms with E-state index in [4.69, 9.17) is 28.3 Å². The molecule has 0 saturated carbocycles. The average molecular weight is 491 g/mol. The fourth-order valence-corrected chi connectivity index (χ4v) is 4.52. The molecular formula is C26H20ClFN4OS. The van der Waals surface area contributed by atoms with Crippen molar-refractivity contribution in [1.82, 2.24) is 15.5 Å². The molecule has 170 valence electrons. The van der Waals surface area contributed by atoms with Gasteiger partial charge in [-0.1, -0.05) is 47.1 Å². The topological polar surface area (TPSA) is 54.2 Å². The molecule has 0 radical (unpaired) electrons. The summed E-state index contributed by atoms with van der Waals surface area (Å²) in [6, 6.07) is 21.4. The molecule has 0 aliphatic carbocycles. The second-order valence-corrected chi connectivity index (χ2v) is 8.79. The Bertz CT molecular complexity index is 1400. The number of nitrogens with zero attached hydrogens (tertiary/aromatic N) is 3. The molecule has 1 aromatic heterocycles. The lowest BCUT2D eigenvalue weighted by Crippen LogP contribution is -2.46. The van der Waals surface area contributed by atoms with Gasteiger partial charge >= 0.3 is 0 Å². The van der Waals surface area contributed by atoms with E-state index in [9.17, 15) is 4.39 Å². The molecule has 34 heavy (non-hydrogen) atoms. The predicted molar refractivity (Wildman–Crippen MR) is 136 cm³/mol. The van der Waals surface area contributed by atoms with Gasteiger partial charge in [0.15, 0.2) is 5.11 Å². The highest BCUT2D eigenvalue weighted by atomic mass is 35.5. The third-order valence-corrected chi connectivity index (χ3v) is 6.50. The minimum absolute atomic E-state index is 0.292. The van der Waals surface area contributed by atoms with Crippen LogP contribution in [0.5, 0.6) is 0 Å². The molecule has 4 aromatic rings. The van der Waals surface area contributed by atoms with Gasteiger partial charge in [0.05, 0.1) is 11.6 Å². The van der Waals surface area contributed by atoms with Gasteiger partial charge in [-0.2, -0.15) is 4.98 Å². The third kappa shape index (κ3) is 4.08. The van der Waals surface area contributed by atoms with Gasteiger partial charge in [-0.05, 0) is 79.7 Å². The summed E-state index contributed by atoms with van der Waals surface area (Å²) >= 11 is 12.0. The highest BCUT2D eigenvalue weighted by Crippen LogP contribution is 2.39. The molecule has 3 aromatic carbocycles. The van der Waals surface area contributed by atoms with Crippen LogP contribution in [0.3, 0.4) is 0 Å². The summed E-state index contributed by atoms with van der Waals surface area (Å²) in [6.45, 7) is 3.93. The fraction of sp³-hybridized carbons (Fsp3) is 0.115. The number of anilines is 1. The Morgan fingerprint density at radius 1 is 1.03 bits per heavy atom. The molecule has 0 fully saturated rings. The van der Waals surface area contributed by atoms with E-state index in [-0.39, 0.29) is 11.9 Å². The first-order valence-electron chi connectivity index (χ1n) is 10.6. The van der Waals surface area contributed by atoms with Crippen LogP contribution in [-0.4, -0.2) is 15.3 Å². The van der Waals surface area contributed by atoms with Gasteiger partial charge in [-0.15, -0.1) is 0 Å². The second kappa shape index (κ2) is 9.00. The molecule has 1 N–H and O–H groups in total. The Morgan fingerprint density at radius 3 is 2.47 bits per heavy atom. The number of thiocarbonyl (C=S) groups is 1. The molecule has 5 nitrogen and oxygen atoms in total. The van der Waals surface area contributed by atoms with Crippen LogP contribution >= 0.6 is 23.8 Å². The van der Waals surface area contributed by atoms with Gasteiger partial charge in [0, 0.05) is 22.0 Å². The first-order chi connectivity index (χ1) is 16.4. The molecule has 0 saturated heterocycles.